The standard InChI is InChI=1S/C15H15F3N4O/c1-8-10(5-12(21-8)13(23)22-11-2-3-11)4-9-6-19-14(20-7-9)15(16,17)18/h5-7,11,21H,2-4H2,1H3,(H,22,23). The molecule has 8 heteroatoms. The fourth-order valence-electron chi connectivity index (χ4n) is 2.21. The van der Waals surface area contributed by atoms with Crippen LogP contribution >= 0.6 is 0 Å². The van der Waals surface area contributed by atoms with Crippen molar-refractivity contribution in [2.75, 3.05) is 0 Å². The maximum absolute atomic E-state index is 12.4. The smallest absolute Gasteiger partial charge is 0.354 e. The molecule has 5 nitrogen and oxygen atoms in total. The summed E-state index contributed by atoms with van der Waals surface area (Å²) in [5, 5.41) is 2.88. The van der Waals surface area contributed by atoms with E-state index < -0.39 is 12.0 Å². The minimum Gasteiger partial charge on any atom is -0.354 e. The molecule has 2 aromatic heterocycles. The van der Waals surface area contributed by atoms with Crippen LogP contribution in [-0.4, -0.2) is 26.9 Å². The van der Waals surface area contributed by atoms with Crippen molar-refractivity contribution in [3.05, 3.63) is 46.8 Å². The Hall–Kier alpha value is -2.38. The van der Waals surface area contributed by atoms with E-state index in [1.54, 1.807) is 6.07 Å². The highest BCUT2D eigenvalue weighted by molar-refractivity contribution is 5.93. The number of nitrogens with zero attached hydrogens (tertiary/aromatic N) is 2. The Morgan fingerprint density at radius 2 is 2.00 bits per heavy atom. The summed E-state index contributed by atoms with van der Waals surface area (Å²) >= 11 is 0. The van der Waals surface area contributed by atoms with Crippen molar-refractivity contribution in [2.24, 2.45) is 0 Å². The van der Waals surface area contributed by atoms with Crippen molar-refractivity contribution in [3.8, 4) is 0 Å². The summed E-state index contributed by atoms with van der Waals surface area (Å²) in [6, 6.07) is 1.97. The summed E-state index contributed by atoms with van der Waals surface area (Å²) in [6.45, 7) is 1.81. The highest BCUT2D eigenvalue weighted by atomic mass is 19.4. The number of carbonyl (C=O) groups excluding carboxylic acids is 1. The molecule has 2 aromatic rings. The van der Waals surface area contributed by atoms with E-state index in [4.69, 9.17) is 0 Å². The topological polar surface area (TPSA) is 70.7 Å². The zero-order chi connectivity index (χ0) is 16.6. The lowest BCUT2D eigenvalue weighted by molar-refractivity contribution is -0.145. The summed E-state index contributed by atoms with van der Waals surface area (Å²) < 4.78 is 37.3. The van der Waals surface area contributed by atoms with Gasteiger partial charge in [0.15, 0.2) is 0 Å². The second-order valence-corrected chi connectivity index (χ2v) is 5.67. The SMILES string of the molecule is Cc1[nH]c(C(=O)NC2CC2)cc1Cc1cnc(C(F)(F)F)nc1. The number of halogens is 3. The first kappa shape index (κ1) is 15.5. The van der Waals surface area contributed by atoms with Crippen LogP contribution < -0.4 is 5.32 Å². The first-order valence-electron chi connectivity index (χ1n) is 7.20. The number of nitrogens with one attached hydrogen (secondary N) is 2. The van der Waals surface area contributed by atoms with Crippen molar-refractivity contribution < 1.29 is 18.0 Å². The maximum atomic E-state index is 12.4. The Morgan fingerprint density at radius 1 is 1.35 bits per heavy atom. The highest BCUT2D eigenvalue weighted by Crippen LogP contribution is 2.26. The molecule has 0 saturated heterocycles. The number of H-pyrrole nitrogens is 1. The molecule has 23 heavy (non-hydrogen) atoms. The van der Waals surface area contributed by atoms with Crippen molar-refractivity contribution in [3.63, 3.8) is 0 Å². The molecule has 1 aliphatic carbocycles. The van der Waals surface area contributed by atoms with E-state index in [2.05, 4.69) is 20.3 Å². The quantitative estimate of drug-likeness (QED) is 0.908. The summed E-state index contributed by atoms with van der Waals surface area (Å²) in [5.41, 5.74) is 2.63. The van der Waals surface area contributed by atoms with Crippen LogP contribution in [0.25, 0.3) is 0 Å². The maximum Gasteiger partial charge on any atom is 0.451 e. The number of carbonyl (C=O) groups is 1. The first-order valence-corrected chi connectivity index (χ1v) is 7.20. The van der Waals surface area contributed by atoms with E-state index in [1.165, 1.54) is 0 Å². The third kappa shape index (κ3) is 3.69. The van der Waals surface area contributed by atoms with Crippen LogP contribution in [0.3, 0.4) is 0 Å². The number of aromatic nitrogens is 3. The second kappa shape index (κ2) is 5.68. The van der Waals surface area contributed by atoms with Gasteiger partial charge in [-0.1, -0.05) is 0 Å². The van der Waals surface area contributed by atoms with Gasteiger partial charge in [-0.25, -0.2) is 9.97 Å². The van der Waals surface area contributed by atoms with E-state index in [0.717, 1.165) is 36.5 Å². The van der Waals surface area contributed by atoms with Gasteiger partial charge in [-0.3, -0.25) is 4.79 Å². The Bertz CT molecular complexity index is 717. The second-order valence-electron chi connectivity index (χ2n) is 5.67. The van der Waals surface area contributed by atoms with E-state index in [0.29, 0.717) is 17.7 Å². The van der Waals surface area contributed by atoms with Gasteiger partial charge in [0.1, 0.15) is 5.69 Å². The molecule has 0 bridgehead atoms. The number of aryl methyl sites for hydroxylation is 1. The number of hydrogen-bond acceptors (Lipinski definition) is 3. The number of aromatic amines is 1. The fraction of sp³-hybridized carbons (Fsp3) is 0.400. The third-order valence-corrected chi connectivity index (χ3v) is 3.63. The molecule has 1 saturated carbocycles. The van der Waals surface area contributed by atoms with Gasteiger partial charge in [-0.05, 0) is 37.0 Å². The predicted molar refractivity (Wildman–Crippen MR) is 75.9 cm³/mol. The van der Waals surface area contributed by atoms with Gasteiger partial charge in [-0.15, -0.1) is 0 Å². The molecule has 0 spiro atoms. The molecule has 0 atom stereocenters. The van der Waals surface area contributed by atoms with Crippen LogP contribution in [-0.2, 0) is 12.6 Å². The number of amides is 1. The Balaban J connectivity index is 1.72. The first-order chi connectivity index (χ1) is 10.8. The largest absolute Gasteiger partial charge is 0.451 e. The lowest BCUT2D eigenvalue weighted by atomic mass is 10.1. The summed E-state index contributed by atoms with van der Waals surface area (Å²) in [7, 11) is 0. The fourth-order valence-corrected chi connectivity index (χ4v) is 2.21. The Kier molecular flexibility index (Phi) is 3.83. The van der Waals surface area contributed by atoms with Crippen LogP contribution in [0.1, 0.15) is 46.0 Å². The molecule has 2 N–H and O–H groups in total. The molecule has 3 rings (SSSR count). The molecule has 0 unspecified atom stereocenters. The van der Waals surface area contributed by atoms with E-state index in [9.17, 15) is 18.0 Å². The van der Waals surface area contributed by atoms with Gasteiger partial charge >= 0.3 is 6.18 Å². The molecule has 0 aromatic carbocycles. The summed E-state index contributed by atoms with van der Waals surface area (Å²) in [6.07, 6.45) is 0.133. The highest BCUT2D eigenvalue weighted by Gasteiger charge is 2.34. The van der Waals surface area contributed by atoms with Crippen molar-refractivity contribution >= 4 is 5.91 Å². The average Bonchev–Trinajstić information content (AvgIpc) is 3.22. The van der Waals surface area contributed by atoms with Crippen LogP contribution in [0.2, 0.25) is 0 Å². The molecule has 1 fully saturated rings. The molecular formula is C15H15F3N4O. The van der Waals surface area contributed by atoms with Crippen LogP contribution in [0, 0.1) is 6.92 Å². The zero-order valence-electron chi connectivity index (χ0n) is 12.4. The molecule has 1 aliphatic rings. The monoisotopic (exact) mass is 324 g/mol. The minimum atomic E-state index is -4.55. The predicted octanol–water partition coefficient (Wildman–Crippen LogP) is 2.61. The van der Waals surface area contributed by atoms with Gasteiger partial charge in [0.2, 0.25) is 5.82 Å². The van der Waals surface area contributed by atoms with E-state index in [-0.39, 0.29) is 11.9 Å². The van der Waals surface area contributed by atoms with Gasteiger partial charge in [0.25, 0.3) is 5.91 Å². The molecule has 0 aliphatic heterocycles. The molecule has 2 heterocycles. The van der Waals surface area contributed by atoms with Gasteiger partial charge in [0, 0.05) is 30.6 Å². The molecular weight excluding hydrogens is 309 g/mol. The zero-order valence-corrected chi connectivity index (χ0v) is 12.4. The van der Waals surface area contributed by atoms with Gasteiger partial charge < -0.3 is 10.3 Å². The lowest BCUT2D eigenvalue weighted by Crippen LogP contribution is -2.25. The van der Waals surface area contributed by atoms with Crippen molar-refractivity contribution in [1.29, 1.82) is 0 Å². The van der Waals surface area contributed by atoms with E-state index in [1.807, 2.05) is 6.92 Å². The van der Waals surface area contributed by atoms with Crippen LogP contribution in [0.5, 0.6) is 0 Å². The normalized spacial score (nSPS) is 14.8. The van der Waals surface area contributed by atoms with Crippen LogP contribution in [0.4, 0.5) is 13.2 Å². The number of rotatable bonds is 4. The number of alkyl halides is 3. The third-order valence-electron chi connectivity index (χ3n) is 3.63. The van der Waals surface area contributed by atoms with Crippen molar-refractivity contribution in [1.82, 2.24) is 20.3 Å². The average molecular weight is 324 g/mol. The molecule has 122 valence electrons. The van der Waals surface area contributed by atoms with Gasteiger partial charge in [0.05, 0.1) is 0 Å². The summed E-state index contributed by atoms with van der Waals surface area (Å²) in [5.74, 6) is -1.32. The minimum absolute atomic E-state index is 0.162. The summed E-state index contributed by atoms with van der Waals surface area (Å²) in [4.78, 5) is 21.7. The van der Waals surface area contributed by atoms with Crippen molar-refractivity contribution in [2.45, 2.75) is 38.4 Å². The number of hydrogen-bond donors (Lipinski definition) is 2. The molecule has 1 amide bonds. The Labute approximate surface area is 130 Å². The van der Waals surface area contributed by atoms with Gasteiger partial charge in [-0.2, -0.15) is 13.2 Å². The lowest BCUT2D eigenvalue weighted by Gasteiger charge is -2.05. The van der Waals surface area contributed by atoms with Crippen LogP contribution in [0.15, 0.2) is 18.5 Å². The van der Waals surface area contributed by atoms with E-state index >= 15 is 0 Å². The molecule has 0 radical (unpaired) electrons. The Morgan fingerprint density at radius 3 is 2.57 bits per heavy atom.